The monoisotopic (exact) mass is 210 g/mol. The average molecular weight is 210 g/mol. The molecule has 15 heavy (non-hydrogen) atoms. The second-order valence-electron chi connectivity index (χ2n) is 4.47. The number of rotatable bonds is 1. The van der Waals surface area contributed by atoms with Crippen molar-refractivity contribution in [1.29, 1.82) is 0 Å². The number of likely N-dealkylation sites (N-methyl/N-ethyl adjacent to an activating group) is 1. The minimum Gasteiger partial charge on any atom is -0.476 e. The third-order valence-corrected chi connectivity index (χ3v) is 2.42. The van der Waals surface area contributed by atoms with Gasteiger partial charge in [0.15, 0.2) is 11.5 Å². The summed E-state index contributed by atoms with van der Waals surface area (Å²) in [6, 6.07) is 0. The van der Waals surface area contributed by atoms with Crippen molar-refractivity contribution in [2.75, 3.05) is 23.8 Å². The fourth-order valence-corrected chi connectivity index (χ4v) is 1.93. The molecule has 6 heteroatoms. The second-order valence-corrected chi connectivity index (χ2v) is 4.47. The summed E-state index contributed by atoms with van der Waals surface area (Å²) in [6.45, 7) is 4.82. The van der Waals surface area contributed by atoms with Gasteiger partial charge in [0.05, 0.1) is 0 Å². The van der Waals surface area contributed by atoms with Crippen LogP contribution in [-0.2, 0) is 0 Å². The molecule has 3 N–H and O–H groups in total. The molecule has 0 amide bonds. The lowest BCUT2D eigenvalue weighted by Crippen LogP contribution is -2.47. The van der Waals surface area contributed by atoms with Crippen LogP contribution in [0.1, 0.15) is 24.3 Å². The van der Waals surface area contributed by atoms with Gasteiger partial charge in [-0.15, -0.1) is 0 Å². The number of nitrogens with one attached hydrogen (secondary N) is 2. The Labute approximate surface area is 87.3 Å². The Bertz CT molecular complexity index is 410. The number of nitrogens with zero attached hydrogens (tertiary/aromatic N) is 2. The molecule has 1 aromatic heterocycles. The van der Waals surface area contributed by atoms with Crippen molar-refractivity contribution in [3.63, 3.8) is 0 Å². The summed E-state index contributed by atoms with van der Waals surface area (Å²) in [5.41, 5.74) is 0.529. The number of aromatic nitrogens is 2. The molecule has 1 aromatic rings. The summed E-state index contributed by atoms with van der Waals surface area (Å²) in [7, 11) is 1.90. The van der Waals surface area contributed by atoms with Gasteiger partial charge in [-0.1, -0.05) is 0 Å². The lowest BCUT2D eigenvalue weighted by molar-refractivity contribution is 0.0691. The molecule has 0 spiro atoms. The van der Waals surface area contributed by atoms with Gasteiger partial charge in [-0.3, -0.25) is 5.10 Å². The Morgan fingerprint density at radius 2 is 2.27 bits per heavy atom. The molecule has 2 rings (SSSR count). The highest BCUT2D eigenvalue weighted by Crippen LogP contribution is 2.34. The molecule has 0 saturated carbocycles. The van der Waals surface area contributed by atoms with Gasteiger partial charge in [-0.05, 0) is 13.8 Å². The summed E-state index contributed by atoms with van der Waals surface area (Å²) in [6.07, 6.45) is 0. The van der Waals surface area contributed by atoms with Crippen LogP contribution in [0, 0.1) is 0 Å². The first-order valence-corrected chi connectivity index (χ1v) is 4.72. The summed E-state index contributed by atoms with van der Waals surface area (Å²) in [4.78, 5) is 12.9. The number of aromatic carboxylic acids is 1. The molecule has 0 atom stereocenters. The fourth-order valence-electron chi connectivity index (χ4n) is 1.93. The number of anilines is 2. The van der Waals surface area contributed by atoms with Crippen LogP contribution in [0.3, 0.4) is 0 Å². The SMILES string of the molecule is CN1CC(C)(C)Nc2c1n[nH]c2C(=O)O. The number of fused-ring (bicyclic) bond motifs is 1. The highest BCUT2D eigenvalue weighted by atomic mass is 16.4. The van der Waals surface area contributed by atoms with Crippen molar-refractivity contribution >= 4 is 17.5 Å². The van der Waals surface area contributed by atoms with Crippen LogP contribution in [0.15, 0.2) is 0 Å². The summed E-state index contributed by atoms with van der Waals surface area (Å²) in [5, 5.41) is 18.6. The largest absolute Gasteiger partial charge is 0.476 e. The predicted molar refractivity (Wildman–Crippen MR) is 56.5 cm³/mol. The van der Waals surface area contributed by atoms with E-state index in [1.165, 1.54) is 0 Å². The standard InChI is InChI=1S/C9H14N4O2/c1-9(2)4-13(3)7-5(10-9)6(8(14)15)11-12-7/h10H,4H2,1-3H3,(H,11,12)(H,14,15). The molecule has 0 aromatic carbocycles. The molecule has 6 nitrogen and oxygen atoms in total. The summed E-state index contributed by atoms with van der Waals surface area (Å²) in [5.74, 6) is -0.339. The van der Waals surface area contributed by atoms with E-state index >= 15 is 0 Å². The number of hydrogen-bond acceptors (Lipinski definition) is 4. The van der Waals surface area contributed by atoms with Crippen LogP contribution in [0.4, 0.5) is 11.5 Å². The van der Waals surface area contributed by atoms with E-state index < -0.39 is 5.97 Å². The Kier molecular flexibility index (Phi) is 1.89. The molecule has 1 aliphatic rings. The predicted octanol–water partition coefficient (Wildman–Crippen LogP) is 0.748. The number of H-pyrrole nitrogens is 1. The van der Waals surface area contributed by atoms with E-state index in [1.807, 2.05) is 25.8 Å². The van der Waals surface area contributed by atoms with Gasteiger partial charge in [-0.25, -0.2) is 4.79 Å². The number of carboxylic acids is 1. The zero-order valence-electron chi connectivity index (χ0n) is 8.96. The molecule has 1 aliphatic heterocycles. The third kappa shape index (κ3) is 1.51. The Morgan fingerprint density at radius 3 is 2.87 bits per heavy atom. The van der Waals surface area contributed by atoms with Crippen molar-refractivity contribution < 1.29 is 9.90 Å². The van der Waals surface area contributed by atoms with Crippen LogP contribution >= 0.6 is 0 Å². The molecular formula is C9H14N4O2. The van der Waals surface area contributed by atoms with Gasteiger partial charge in [0.2, 0.25) is 0 Å². The van der Waals surface area contributed by atoms with E-state index in [4.69, 9.17) is 5.11 Å². The average Bonchev–Trinajstić information content (AvgIpc) is 2.45. The van der Waals surface area contributed by atoms with Crippen LogP contribution in [0.2, 0.25) is 0 Å². The van der Waals surface area contributed by atoms with E-state index in [1.54, 1.807) is 0 Å². The van der Waals surface area contributed by atoms with Crippen molar-refractivity contribution in [2.45, 2.75) is 19.4 Å². The van der Waals surface area contributed by atoms with E-state index in [0.717, 1.165) is 6.54 Å². The minimum absolute atomic E-state index is 0.115. The maximum atomic E-state index is 10.9. The topological polar surface area (TPSA) is 81.2 Å². The summed E-state index contributed by atoms with van der Waals surface area (Å²) < 4.78 is 0. The van der Waals surface area contributed by atoms with Crippen LogP contribution < -0.4 is 10.2 Å². The highest BCUT2D eigenvalue weighted by molar-refractivity contribution is 5.96. The maximum absolute atomic E-state index is 10.9. The number of hydrogen-bond donors (Lipinski definition) is 3. The van der Waals surface area contributed by atoms with Gasteiger partial charge < -0.3 is 15.3 Å². The number of carboxylic acid groups (broad SMARTS) is 1. The molecule has 82 valence electrons. The molecule has 2 heterocycles. The highest BCUT2D eigenvalue weighted by Gasteiger charge is 2.33. The van der Waals surface area contributed by atoms with Gasteiger partial charge in [0, 0.05) is 19.1 Å². The number of aromatic amines is 1. The van der Waals surface area contributed by atoms with Crippen molar-refractivity contribution in [2.24, 2.45) is 0 Å². The van der Waals surface area contributed by atoms with E-state index in [9.17, 15) is 4.79 Å². The van der Waals surface area contributed by atoms with E-state index in [2.05, 4.69) is 15.5 Å². The first kappa shape index (κ1) is 9.82. The molecule has 0 radical (unpaired) electrons. The smallest absolute Gasteiger partial charge is 0.356 e. The maximum Gasteiger partial charge on any atom is 0.356 e. The first-order valence-electron chi connectivity index (χ1n) is 4.72. The second kappa shape index (κ2) is 2.88. The molecule has 0 unspecified atom stereocenters. The number of carbonyl (C=O) groups is 1. The van der Waals surface area contributed by atoms with Gasteiger partial charge in [0.1, 0.15) is 5.69 Å². The zero-order chi connectivity index (χ0) is 11.2. The van der Waals surface area contributed by atoms with Crippen molar-refractivity contribution in [1.82, 2.24) is 10.2 Å². The first-order chi connectivity index (χ1) is 6.91. The third-order valence-electron chi connectivity index (χ3n) is 2.42. The van der Waals surface area contributed by atoms with Crippen LogP contribution in [0.25, 0.3) is 0 Å². The molecular weight excluding hydrogens is 196 g/mol. The van der Waals surface area contributed by atoms with E-state index in [0.29, 0.717) is 11.5 Å². The Morgan fingerprint density at radius 1 is 1.60 bits per heavy atom. The molecule has 0 bridgehead atoms. The van der Waals surface area contributed by atoms with Gasteiger partial charge >= 0.3 is 5.97 Å². The molecule has 0 fully saturated rings. The summed E-state index contributed by atoms with van der Waals surface area (Å²) >= 11 is 0. The van der Waals surface area contributed by atoms with Crippen LogP contribution in [0.5, 0.6) is 0 Å². The van der Waals surface area contributed by atoms with Crippen LogP contribution in [-0.4, -0.2) is 40.4 Å². The minimum atomic E-state index is -0.998. The fraction of sp³-hybridized carbons (Fsp3) is 0.556. The molecule has 0 aliphatic carbocycles. The normalized spacial score (nSPS) is 18.2. The quantitative estimate of drug-likeness (QED) is 0.637. The van der Waals surface area contributed by atoms with Crippen molar-refractivity contribution in [3.8, 4) is 0 Å². The lowest BCUT2D eigenvalue weighted by atomic mass is 10.0. The zero-order valence-corrected chi connectivity index (χ0v) is 8.96. The lowest BCUT2D eigenvalue weighted by Gasteiger charge is -2.37. The molecule has 0 saturated heterocycles. The van der Waals surface area contributed by atoms with Crippen molar-refractivity contribution in [3.05, 3.63) is 5.69 Å². The Hall–Kier alpha value is -1.72. The van der Waals surface area contributed by atoms with Gasteiger partial charge in [0.25, 0.3) is 0 Å². The van der Waals surface area contributed by atoms with Gasteiger partial charge in [-0.2, -0.15) is 5.10 Å². The Balaban J connectivity index is 2.49. The van der Waals surface area contributed by atoms with E-state index in [-0.39, 0.29) is 11.2 Å².